The maximum Gasteiger partial charge on any atom is 0.338 e. The summed E-state index contributed by atoms with van der Waals surface area (Å²) in [5, 5.41) is 0. The Hall–Kier alpha value is -1.51. The van der Waals surface area contributed by atoms with Gasteiger partial charge in [0.2, 0.25) is 0 Å². The van der Waals surface area contributed by atoms with Gasteiger partial charge >= 0.3 is 5.97 Å². The van der Waals surface area contributed by atoms with Gasteiger partial charge in [0.15, 0.2) is 0 Å². The fraction of sp³-hybridized carbons (Fsp3) is 0.500. The summed E-state index contributed by atoms with van der Waals surface area (Å²) in [5.41, 5.74) is 0.0699. The van der Waals surface area contributed by atoms with Gasteiger partial charge in [0.25, 0.3) is 0 Å². The standard InChI is InChI=1S/C14H20O3/c1-10(2)16-12-8-6-11(7-9-12)13(15)17-14(3,4)5/h6-10H,1-5H3. The molecule has 0 unspecified atom stereocenters. The van der Waals surface area contributed by atoms with Crippen LogP contribution in [0, 0.1) is 0 Å². The lowest BCUT2D eigenvalue weighted by molar-refractivity contribution is 0.00695. The molecule has 0 atom stereocenters. The van der Waals surface area contributed by atoms with E-state index in [1.165, 1.54) is 0 Å². The highest BCUT2D eigenvalue weighted by Crippen LogP contribution is 2.16. The van der Waals surface area contributed by atoms with Gasteiger partial charge in [0, 0.05) is 0 Å². The molecule has 0 spiro atoms. The van der Waals surface area contributed by atoms with Crippen LogP contribution in [0.4, 0.5) is 0 Å². The van der Waals surface area contributed by atoms with Gasteiger partial charge in [-0.15, -0.1) is 0 Å². The van der Waals surface area contributed by atoms with Crippen molar-refractivity contribution in [2.45, 2.75) is 46.3 Å². The van der Waals surface area contributed by atoms with Gasteiger partial charge < -0.3 is 9.47 Å². The van der Waals surface area contributed by atoms with Crippen molar-refractivity contribution in [1.29, 1.82) is 0 Å². The number of rotatable bonds is 3. The summed E-state index contributed by atoms with van der Waals surface area (Å²) in [6.07, 6.45) is 0.127. The van der Waals surface area contributed by atoms with Crippen LogP contribution in [-0.4, -0.2) is 17.7 Å². The minimum Gasteiger partial charge on any atom is -0.491 e. The van der Waals surface area contributed by atoms with E-state index in [1.54, 1.807) is 24.3 Å². The van der Waals surface area contributed by atoms with E-state index in [-0.39, 0.29) is 12.1 Å². The van der Waals surface area contributed by atoms with Crippen LogP contribution in [0.2, 0.25) is 0 Å². The first-order chi connectivity index (χ1) is 7.78. The monoisotopic (exact) mass is 236 g/mol. The van der Waals surface area contributed by atoms with Gasteiger partial charge in [0.1, 0.15) is 11.4 Å². The van der Waals surface area contributed by atoms with Crippen molar-refractivity contribution in [3.8, 4) is 5.75 Å². The quantitative estimate of drug-likeness (QED) is 0.754. The first-order valence-corrected chi connectivity index (χ1v) is 5.78. The van der Waals surface area contributed by atoms with Gasteiger partial charge in [-0.05, 0) is 58.9 Å². The van der Waals surface area contributed by atoms with Gasteiger partial charge in [-0.25, -0.2) is 4.79 Å². The zero-order valence-electron chi connectivity index (χ0n) is 11.1. The minimum absolute atomic E-state index is 0.127. The van der Waals surface area contributed by atoms with Crippen LogP contribution in [0.1, 0.15) is 45.0 Å². The van der Waals surface area contributed by atoms with Crippen LogP contribution in [0.5, 0.6) is 5.75 Å². The molecule has 0 fully saturated rings. The second kappa shape index (κ2) is 5.21. The Morgan fingerprint density at radius 3 is 2.06 bits per heavy atom. The summed E-state index contributed by atoms with van der Waals surface area (Å²) in [7, 11) is 0. The molecule has 0 bridgehead atoms. The molecule has 17 heavy (non-hydrogen) atoms. The molecule has 0 amide bonds. The van der Waals surface area contributed by atoms with E-state index in [4.69, 9.17) is 9.47 Å². The predicted molar refractivity (Wildman–Crippen MR) is 67.4 cm³/mol. The zero-order chi connectivity index (χ0) is 13.1. The Kier molecular flexibility index (Phi) is 4.16. The van der Waals surface area contributed by atoms with Crippen molar-refractivity contribution >= 4 is 5.97 Å². The second-order valence-electron chi connectivity index (χ2n) is 5.19. The summed E-state index contributed by atoms with van der Waals surface area (Å²) in [5.74, 6) is 0.445. The summed E-state index contributed by atoms with van der Waals surface area (Å²) in [4.78, 5) is 11.7. The Bertz CT molecular complexity index is 371. The average molecular weight is 236 g/mol. The van der Waals surface area contributed by atoms with Crippen molar-refractivity contribution < 1.29 is 14.3 Å². The molecule has 1 aromatic rings. The van der Waals surface area contributed by atoms with E-state index in [9.17, 15) is 4.79 Å². The van der Waals surface area contributed by atoms with Gasteiger partial charge in [-0.3, -0.25) is 0 Å². The maximum absolute atomic E-state index is 11.7. The van der Waals surface area contributed by atoms with Crippen LogP contribution in [-0.2, 0) is 4.74 Å². The van der Waals surface area contributed by atoms with E-state index in [1.807, 2.05) is 34.6 Å². The average Bonchev–Trinajstić information content (AvgIpc) is 2.15. The molecule has 1 aromatic carbocycles. The summed E-state index contributed by atoms with van der Waals surface area (Å²) in [6, 6.07) is 6.98. The maximum atomic E-state index is 11.7. The Balaban J connectivity index is 2.71. The Morgan fingerprint density at radius 1 is 1.12 bits per heavy atom. The normalized spacial score (nSPS) is 11.4. The number of benzene rings is 1. The summed E-state index contributed by atoms with van der Waals surface area (Å²) in [6.45, 7) is 9.47. The molecule has 3 heteroatoms. The van der Waals surface area contributed by atoms with E-state index in [2.05, 4.69) is 0 Å². The lowest BCUT2D eigenvalue weighted by Gasteiger charge is -2.19. The molecule has 3 nitrogen and oxygen atoms in total. The molecule has 0 aromatic heterocycles. The van der Waals surface area contributed by atoms with Crippen molar-refractivity contribution in [2.75, 3.05) is 0 Å². The zero-order valence-corrected chi connectivity index (χ0v) is 11.1. The molecule has 0 heterocycles. The second-order valence-corrected chi connectivity index (χ2v) is 5.19. The van der Waals surface area contributed by atoms with Crippen molar-refractivity contribution in [2.24, 2.45) is 0 Å². The molecule has 0 aliphatic heterocycles. The van der Waals surface area contributed by atoms with Gasteiger partial charge in [-0.2, -0.15) is 0 Å². The highest BCUT2D eigenvalue weighted by molar-refractivity contribution is 5.89. The van der Waals surface area contributed by atoms with Crippen LogP contribution >= 0.6 is 0 Å². The van der Waals surface area contributed by atoms with Crippen LogP contribution in [0.15, 0.2) is 24.3 Å². The lowest BCUT2D eigenvalue weighted by atomic mass is 10.1. The van der Waals surface area contributed by atoms with Crippen molar-refractivity contribution in [1.82, 2.24) is 0 Å². The SMILES string of the molecule is CC(C)Oc1ccc(C(=O)OC(C)(C)C)cc1. The molecule has 0 saturated heterocycles. The number of hydrogen-bond acceptors (Lipinski definition) is 3. The van der Waals surface area contributed by atoms with E-state index in [0.717, 1.165) is 5.75 Å². The molecule has 0 radical (unpaired) electrons. The number of esters is 1. The Morgan fingerprint density at radius 2 is 1.65 bits per heavy atom. The van der Waals surface area contributed by atoms with E-state index in [0.29, 0.717) is 5.56 Å². The molecule has 0 aliphatic rings. The third-order valence-electron chi connectivity index (χ3n) is 1.86. The third kappa shape index (κ3) is 4.89. The lowest BCUT2D eigenvalue weighted by Crippen LogP contribution is -2.23. The molecule has 0 aliphatic carbocycles. The van der Waals surface area contributed by atoms with Gasteiger partial charge in [0.05, 0.1) is 11.7 Å². The van der Waals surface area contributed by atoms with E-state index < -0.39 is 5.60 Å². The molecule has 0 saturated carbocycles. The fourth-order valence-corrected chi connectivity index (χ4v) is 1.28. The van der Waals surface area contributed by atoms with Crippen LogP contribution in [0.3, 0.4) is 0 Å². The molecule has 0 N–H and O–H groups in total. The number of hydrogen-bond donors (Lipinski definition) is 0. The first-order valence-electron chi connectivity index (χ1n) is 5.78. The smallest absolute Gasteiger partial charge is 0.338 e. The third-order valence-corrected chi connectivity index (χ3v) is 1.86. The fourth-order valence-electron chi connectivity index (χ4n) is 1.28. The topological polar surface area (TPSA) is 35.5 Å². The molecule has 94 valence electrons. The first kappa shape index (κ1) is 13.6. The largest absolute Gasteiger partial charge is 0.491 e. The number of ether oxygens (including phenoxy) is 2. The van der Waals surface area contributed by atoms with Crippen molar-refractivity contribution in [3.05, 3.63) is 29.8 Å². The van der Waals surface area contributed by atoms with Crippen LogP contribution < -0.4 is 4.74 Å². The number of carbonyl (C=O) groups is 1. The van der Waals surface area contributed by atoms with Crippen molar-refractivity contribution in [3.63, 3.8) is 0 Å². The van der Waals surface area contributed by atoms with Gasteiger partial charge in [-0.1, -0.05) is 0 Å². The number of carbonyl (C=O) groups excluding carboxylic acids is 1. The molecular formula is C14H20O3. The highest BCUT2D eigenvalue weighted by atomic mass is 16.6. The molecule has 1 rings (SSSR count). The molecular weight excluding hydrogens is 216 g/mol. The summed E-state index contributed by atoms with van der Waals surface area (Å²) >= 11 is 0. The van der Waals surface area contributed by atoms with Crippen LogP contribution in [0.25, 0.3) is 0 Å². The predicted octanol–water partition coefficient (Wildman–Crippen LogP) is 3.43. The minimum atomic E-state index is -0.468. The summed E-state index contributed by atoms with van der Waals surface area (Å²) < 4.78 is 10.8. The van der Waals surface area contributed by atoms with E-state index >= 15 is 0 Å². The Labute approximate surface area is 103 Å². The highest BCUT2D eigenvalue weighted by Gasteiger charge is 2.17.